The van der Waals surface area contributed by atoms with Gasteiger partial charge in [-0.15, -0.1) is 11.8 Å². The number of nitrogens with one attached hydrogen (secondary N) is 3. The summed E-state index contributed by atoms with van der Waals surface area (Å²) in [7, 11) is 0. The van der Waals surface area contributed by atoms with Gasteiger partial charge in [-0.25, -0.2) is 8.78 Å². The molecule has 5 amide bonds. The van der Waals surface area contributed by atoms with Crippen molar-refractivity contribution in [2.45, 2.75) is 95.6 Å². The van der Waals surface area contributed by atoms with Gasteiger partial charge in [0, 0.05) is 74.7 Å². The van der Waals surface area contributed by atoms with E-state index in [1.165, 1.54) is 48.8 Å². The van der Waals surface area contributed by atoms with E-state index in [9.17, 15) is 42.3 Å². The molecule has 17 heteroatoms. The number of nitrogens with zero attached hydrogens (tertiary/aromatic N) is 4. The fourth-order valence-electron chi connectivity index (χ4n) is 5.41. The van der Waals surface area contributed by atoms with Crippen LogP contribution in [0.1, 0.15) is 75.9 Å². The molecule has 3 heterocycles. The molecule has 1 aromatic rings. The first kappa shape index (κ1) is 40.1. The summed E-state index contributed by atoms with van der Waals surface area (Å²) in [6.07, 6.45) is 0.183. The summed E-state index contributed by atoms with van der Waals surface area (Å²) in [5.74, 6) is -6.77. The van der Waals surface area contributed by atoms with Crippen LogP contribution in [-0.2, 0) is 35.3 Å². The van der Waals surface area contributed by atoms with Gasteiger partial charge < -0.3 is 20.9 Å². The molecule has 50 heavy (non-hydrogen) atoms. The number of aromatic nitrogens is 1. The number of nitriles is 1. The molecule has 3 rings (SSSR count). The van der Waals surface area contributed by atoms with E-state index in [0.29, 0.717) is 12.2 Å². The molecule has 0 saturated carbocycles. The smallest absolute Gasteiger partial charge is 0.268 e. The standard InChI is InChI=1S/C33H43F2N7O7S/c1-19(2)37-9-10-41-29(46)13-27(32(41)49)50-17-23(21(4)43)12-26(44)5-6-28(45)39-16-24-11-22(7-8-38-24)30(47)40-20(3)31(48)42-18-33(34,35)14-25(42)15-36/h7-8,11,19-20,23,25,27,37H,5-6,9-10,12-14,16-18H2,1-4H3,(H,39,45)(H,40,47)/t20-,23?,25+,27?/m1/s1. The first-order valence-corrected chi connectivity index (χ1v) is 17.4. The number of likely N-dealkylation sites (tertiary alicyclic amines) is 2. The molecule has 2 unspecified atom stereocenters. The number of hydrogen-bond acceptors (Lipinski definition) is 11. The number of rotatable bonds is 18. The summed E-state index contributed by atoms with van der Waals surface area (Å²) in [5.41, 5.74) is 0.388. The van der Waals surface area contributed by atoms with E-state index in [2.05, 4.69) is 20.9 Å². The van der Waals surface area contributed by atoms with Gasteiger partial charge in [0.05, 0.1) is 30.1 Å². The third kappa shape index (κ3) is 11.7. The number of ketones is 2. The summed E-state index contributed by atoms with van der Waals surface area (Å²) in [6.45, 7) is 6.35. The molecular formula is C33H43F2N7O7S. The Labute approximate surface area is 293 Å². The summed E-state index contributed by atoms with van der Waals surface area (Å²) < 4.78 is 27.5. The highest BCUT2D eigenvalue weighted by Crippen LogP contribution is 2.32. The predicted octanol–water partition coefficient (Wildman–Crippen LogP) is 1.38. The van der Waals surface area contributed by atoms with Gasteiger partial charge in [0.25, 0.3) is 11.8 Å². The maximum absolute atomic E-state index is 13.8. The number of carbonyl (C=O) groups excluding carboxylic acids is 7. The zero-order valence-electron chi connectivity index (χ0n) is 28.5. The normalized spacial score (nSPS) is 19.6. The Morgan fingerprint density at radius 3 is 2.54 bits per heavy atom. The number of thioether (sulfide) groups is 1. The summed E-state index contributed by atoms with van der Waals surface area (Å²) in [4.78, 5) is 94.0. The largest absolute Gasteiger partial charge is 0.350 e. The maximum atomic E-state index is 13.8. The van der Waals surface area contributed by atoms with E-state index in [4.69, 9.17) is 5.26 Å². The van der Waals surface area contributed by atoms with Gasteiger partial charge in [-0.05, 0) is 26.0 Å². The maximum Gasteiger partial charge on any atom is 0.268 e. The molecule has 272 valence electrons. The Balaban J connectivity index is 1.42. The molecule has 0 aromatic carbocycles. The van der Waals surface area contributed by atoms with Crippen molar-refractivity contribution in [1.29, 1.82) is 5.26 Å². The van der Waals surface area contributed by atoms with Gasteiger partial charge in [-0.3, -0.25) is 43.4 Å². The zero-order valence-corrected chi connectivity index (χ0v) is 29.3. The third-order valence-electron chi connectivity index (χ3n) is 8.23. The van der Waals surface area contributed by atoms with Crippen molar-refractivity contribution in [3.63, 3.8) is 0 Å². The molecule has 0 radical (unpaired) electrons. The van der Waals surface area contributed by atoms with Crippen LogP contribution < -0.4 is 16.0 Å². The highest BCUT2D eigenvalue weighted by Gasteiger charge is 2.48. The number of hydrogen-bond donors (Lipinski definition) is 3. The Hall–Kier alpha value is -4.30. The van der Waals surface area contributed by atoms with E-state index in [1.807, 2.05) is 13.8 Å². The van der Waals surface area contributed by atoms with Crippen molar-refractivity contribution >= 4 is 52.9 Å². The highest BCUT2D eigenvalue weighted by molar-refractivity contribution is 8.00. The van der Waals surface area contributed by atoms with Crippen LogP contribution in [0.5, 0.6) is 0 Å². The second kappa shape index (κ2) is 18.1. The average Bonchev–Trinajstić information content (AvgIpc) is 3.53. The SMILES string of the molecule is CC(=O)C(CSC1CC(=O)N(CCNC(C)C)C1=O)CC(=O)CCC(=O)NCc1cc(C(=O)N[C@H](C)C(=O)N2CC(F)(F)C[C@H]2C#N)ccn1. The molecule has 4 atom stereocenters. The van der Waals surface area contributed by atoms with Gasteiger partial charge in [-0.1, -0.05) is 13.8 Å². The Kier molecular flexibility index (Phi) is 14.5. The van der Waals surface area contributed by atoms with Crippen molar-refractivity contribution in [1.82, 2.24) is 30.7 Å². The summed E-state index contributed by atoms with van der Waals surface area (Å²) >= 11 is 1.18. The first-order valence-electron chi connectivity index (χ1n) is 16.3. The van der Waals surface area contributed by atoms with Crippen LogP contribution in [0.2, 0.25) is 0 Å². The van der Waals surface area contributed by atoms with Gasteiger partial charge in [0.15, 0.2) is 0 Å². The fraction of sp³-hybridized carbons (Fsp3) is 0.606. The van der Waals surface area contributed by atoms with Gasteiger partial charge in [0.1, 0.15) is 23.7 Å². The van der Waals surface area contributed by atoms with Crippen molar-refractivity contribution in [3.05, 3.63) is 29.6 Å². The topological polar surface area (TPSA) is 199 Å². The average molecular weight is 720 g/mol. The first-order chi connectivity index (χ1) is 23.5. The number of alkyl halides is 2. The lowest BCUT2D eigenvalue weighted by molar-refractivity contribution is -0.138. The predicted molar refractivity (Wildman–Crippen MR) is 177 cm³/mol. The molecule has 2 fully saturated rings. The van der Waals surface area contributed by atoms with Gasteiger partial charge >= 0.3 is 0 Å². The number of amides is 5. The fourth-order valence-corrected chi connectivity index (χ4v) is 6.76. The molecule has 2 aliphatic rings. The summed E-state index contributed by atoms with van der Waals surface area (Å²) in [6, 6.07) is 2.15. The Morgan fingerprint density at radius 2 is 1.88 bits per heavy atom. The molecule has 0 aliphatic carbocycles. The zero-order chi connectivity index (χ0) is 37.2. The van der Waals surface area contributed by atoms with Crippen LogP contribution in [-0.4, -0.2) is 111 Å². The number of imide groups is 1. The lowest BCUT2D eigenvalue weighted by atomic mass is 9.98. The Morgan fingerprint density at radius 1 is 1.16 bits per heavy atom. The van der Waals surface area contributed by atoms with Crippen LogP contribution in [0.25, 0.3) is 0 Å². The van der Waals surface area contributed by atoms with Crippen LogP contribution in [0, 0.1) is 17.2 Å². The molecule has 2 aliphatic heterocycles. The van der Waals surface area contributed by atoms with Crippen LogP contribution in [0.3, 0.4) is 0 Å². The lowest BCUT2D eigenvalue weighted by Gasteiger charge is -2.23. The number of carbonyl (C=O) groups is 7. The third-order valence-corrected chi connectivity index (χ3v) is 9.60. The van der Waals surface area contributed by atoms with E-state index in [1.54, 1.807) is 6.07 Å². The minimum atomic E-state index is -3.19. The second-order valence-corrected chi connectivity index (χ2v) is 14.0. The van der Waals surface area contributed by atoms with Gasteiger partial charge in [-0.2, -0.15) is 5.26 Å². The molecule has 0 spiro atoms. The van der Waals surface area contributed by atoms with Crippen molar-refractivity contribution in [2.75, 3.05) is 25.4 Å². The van der Waals surface area contributed by atoms with Crippen molar-refractivity contribution < 1.29 is 42.3 Å². The molecular weight excluding hydrogens is 676 g/mol. The van der Waals surface area contributed by atoms with Crippen molar-refractivity contribution in [3.8, 4) is 6.07 Å². The van der Waals surface area contributed by atoms with Crippen LogP contribution in [0.15, 0.2) is 18.3 Å². The van der Waals surface area contributed by atoms with E-state index in [0.717, 1.165) is 4.90 Å². The second-order valence-electron chi connectivity index (χ2n) is 12.7. The lowest BCUT2D eigenvalue weighted by Crippen LogP contribution is -2.48. The van der Waals surface area contributed by atoms with Crippen molar-refractivity contribution in [2.24, 2.45) is 5.92 Å². The van der Waals surface area contributed by atoms with Crippen LogP contribution >= 0.6 is 11.8 Å². The van der Waals surface area contributed by atoms with E-state index in [-0.39, 0.29) is 79.5 Å². The van der Waals surface area contributed by atoms with Crippen LogP contribution in [0.4, 0.5) is 8.78 Å². The van der Waals surface area contributed by atoms with E-state index < -0.39 is 59.9 Å². The monoisotopic (exact) mass is 719 g/mol. The quantitative estimate of drug-likeness (QED) is 0.185. The number of pyridine rings is 1. The minimum Gasteiger partial charge on any atom is -0.350 e. The van der Waals surface area contributed by atoms with Gasteiger partial charge in [0.2, 0.25) is 23.6 Å². The Bertz CT molecular complexity index is 1520. The highest BCUT2D eigenvalue weighted by atomic mass is 32.2. The number of Topliss-reactive ketones (excluding diaryl/α,β-unsaturated/α-hetero) is 2. The molecule has 3 N–H and O–H groups in total. The summed E-state index contributed by atoms with van der Waals surface area (Å²) in [5, 5.41) is 16.7. The molecule has 14 nitrogen and oxygen atoms in total. The molecule has 1 aromatic heterocycles. The minimum absolute atomic E-state index is 0.0391. The number of halogens is 2. The molecule has 2 saturated heterocycles. The van der Waals surface area contributed by atoms with E-state index >= 15 is 0 Å². The molecule has 0 bridgehead atoms.